The van der Waals surface area contributed by atoms with Gasteiger partial charge in [0.15, 0.2) is 0 Å². The van der Waals surface area contributed by atoms with E-state index in [4.69, 9.17) is 4.18 Å². The van der Waals surface area contributed by atoms with Gasteiger partial charge < -0.3 is 4.18 Å². The molecule has 0 saturated heterocycles. The van der Waals surface area contributed by atoms with Gasteiger partial charge in [-0.15, -0.1) is 0 Å². The third kappa shape index (κ3) is 5.52. The molecule has 142 valence electrons. The van der Waals surface area contributed by atoms with Gasteiger partial charge in [0.25, 0.3) is 0 Å². The van der Waals surface area contributed by atoms with Crippen molar-refractivity contribution in [2.75, 3.05) is 0 Å². The molecule has 0 unspecified atom stereocenters. The van der Waals surface area contributed by atoms with E-state index in [2.05, 4.69) is 10.5 Å². The van der Waals surface area contributed by atoms with E-state index in [1.165, 1.54) is 30.5 Å². The SMILES string of the molecule is O=C(Cc1ccccc1)N/N=C\c1cccc(OS(=O)(=O)c2ccccc2)c1. The van der Waals surface area contributed by atoms with Crippen LogP contribution in [0.15, 0.2) is 94.9 Å². The lowest BCUT2D eigenvalue weighted by Gasteiger charge is -2.07. The molecule has 0 fully saturated rings. The maximum atomic E-state index is 12.3. The Hall–Kier alpha value is -3.45. The third-order valence-corrected chi connectivity index (χ3v) is 4.97. The minimum Gasteiger partial charge on any atom is -0.379 e. The molecule has 1 N–H and O–H groups in total. The van der Waals surface area contributed by atoms with Crippen molar-refractivity contribution in [3.63, 3.8) is 0 Å². The number of amides is 1. The number of nitrogens with zero attached hydrogens (tertiary/aromatic N) is 1. The molecule has 0 saturated carbocycles. The average Bonchev–Trinajstić information content (AvgIpc) is 2.69. The monoisotopic (exact) mass is 394 g/mol. The maximum Gasteiger partial charge on any atom is 0.339 e. The minimum atomic E-state index is -3.91. The summed E-state index contributed by atoms with van der Waals surface area (Å²) >= 11 is 0. The largest absolute Gasteiger partial charge is 0.379 e. The molecule has 3 rings (SSSR count). The van der Waals surface area contributed by atoms with Crippen LogP contribution < -0.4 is 9.61 Å². The standard InChI is InChI=1S/C21H18N2O4S/c24-21(15-17-8-3-1-4-9-17)23-22-16-18-10-7-11-19(14-18)27-28(25,26)20-12-5-2-6-13-20/h1-14,16H,15H2,(H,23,24)/b22-16-. The summed E-state index contributed by atoms with van der Waals surface area (Å²) in [7, 11) is -3.91. The zero-order valence-corrected chi connectivity index (χ0v) is 15.7. The summed E-state index contributed by atoms with van der Waals surface area (Å²) in [5, 5.41) is 3.90. The Balaban J connectivity index is 1.62. The molecule has 0 heterocycles. The summed E-state index contributed by atoms with van der Waals surface area (Å²) < 4.78 is 29.7. The fraction of sp³-hybridized carbons (Fsp3) is 0.0476. The summed E-state index contributed by atoms with van der Waals surface area (Å²) in [6.45, 7) is 0. The van der Waals surface area contributed by atoms with Gasteiger partial charge in [0, 0.05) is 0 Å². The summed E-state index contributed by atoms with van der Waals surface area (Å²) in [5.41, 5.74) is 3.91. The van der Waals surface area contributed by atoms with E-state index < -0.39 is 10.1 Å². The lowest BCUT2D eigenvalue weighted by atomic mass is 10.1. The van der Waals surface area contributed by atoms with Gasteiger partial charge in [0.1, 0.15) is 10.6 Å². The van der Waals surface area contributed by atoms with Crippen LogP contribution >= 0.6 is 0 Å². The van der Waals surface area contributed by atoms with Crippen LogP contribution in [0.1, 0.15) is 11.1 Å². The van der Waals surface area contributed by atoms with Crippen LogP contribution in [0.5, 0.6) is 5.75 Å². The second-order valence-electron chi connectivity index (χ2n) is 5.88. The van der Waals surface area contributed by atoms with Crippen LogP contribution in [0.2, 0.25) is 0 Å². The van der Waals surface area contributed by atoms with Crippen LogP contribution in [0, 0.1) is 0 Å². The van der Waals surface area contributed by atoms with Crippen molar-refractivity contribution in [3.8, 4) is 5.75 Å². The predicted molar refractivity (Wildman–Crippen MR) is 107 cm³/mol. The Morgan fingerprint density at radius 2 is 1.61 bits per heavy atom. The average molecular weight is 394 g/mol. The van der Waals surface area contributed by atoms with Gasteiger partial charge in [0.05, 0.1) is 12.6 Å². The highest BCUT2D eigenvalue weighted by molar-refractivity contribution is 7.87. The molecule has 3 aromatic carbocycles. The van der Waals surface area contributed by atoms with Gasteiger partial charge in [-0.2, -0.15) is 13.5 Å². The normalized spacial score (nSPS) is 11.3. The molecule has 0 atom stereocenters. The lowest BCUT2D eigenvalue weighted by molar-refractivity contribution is -0.120. The van der Waals surface area contributed by atoms with Gasteiger partial charge in [0.2, 0.25) is 5.91 Å². The second kappa shape index (κ2) is 8.96. The summed E-state index contributed by atoms with van der Waals surface area (Å²) in [5.74, 6) is -0.0927. The zero-order chi connectivity index (χ0) is 19.8. The first-order chi connectivity index (χ1) is 13.5. The summed E-state index contributed by atoms with van der Waals surface area (Å²) in [6, 6.07) is 23.6. The highest BCUT2D eigenvalue weighted by Crippen LogP contribution is 2.19. The van der Waals surface area contributed by atoms with Crippen LogP contribution in [0.3, 0.4) is 0 Å². The van der Waals surface area contributed by atoms with Crippen molar-refractivity contribution in [1.82, 2.24) is 5.43 Å². The topological polar surface area (TPSA) is 84.8 Å². The molecule has 6 nitrogen and oxygen atoms in total. The molecule has 0 bridgehead atoms. The molecule has 7 heteroatoms. The number of hydrogen-bond donors (Lipinski definition) is 1. The van der Waals surface area contributed by atoms with Gasteiger partial charge in [-0.05, 0) is 35.4 Å². The fourth-order valence-electron chi connectivity index (χ4n) is 2.41. The quantitative estimate of drug-likeness (QED) is 0.379. The number of nitrogens with one attached hydrogen (secondary N) is 1. The number of rotatable bonds is 7. The van der Waals surface area contributed by atoms with E-state index in [0.717, 1.165) is 5.56 Å². The van der Waals surface area contributed by atoms with E-state index in [1.807, 2.05) is 30.3 Å². The molecule has 0 radical (unpaired) electrons. The van der Waals surface area contributed by atoms with Crippen LogP contribution in [0.4, 0.5) is 0 Å². The lowest BCUT2D eigenvalue weighted by Crippen LogP contribution is -2.19. The fourth-order valence-corrected chi connectivity index (χ4v) is 3.35. The maximum absolute atomic E-state index is 12.3. The highest BCUT2D eigenvalue weighted by atomic mass is 32.2. The molecule has 0 aliphatic rings. The van der Waals surface area contributed by atoms with Gasteiger partial charge in [-0.1, -0.05) is 60.7 Å². The molecular weight excluding hydrogens is 376 g/mol. The summed E-state index contributed by atoms with van der Waals surface area (Å²) in [6.07, 6.45) is 1.64. The van der Waals surface area contributed by atoms with Crippen LogP contribution in [-0.4, -0.2) is 20.5 Å². The Morgan fingerprint density at radius 1 is 0.929 bits per heavy atom. The van der Waals surface area contributed by atoms with Crippen molar-refractivity contribution in [3.05, 3.63) is 96.1 Å². The molecular formula is C21H18N2O4S. The van der Waals surface area contributed by atoms with Crippen molar-refractivity contribution in [2.24, 2.45) is 5.10 Å². The zero-order valence-electron chi connectivity index (χ0n) is 14.9. The van der Waals surface area contributed by atoms with E-state index in [0.29, 0.717) is 5.56 Å². The van der Waals surface area contributed by atoms with Crippen molar-refractivity contribution in [2.45, 2.75) is 11.3 Å². The predicted octanol–water partition coefficient (Wildman–Crippen LogP) is 3.15. The Kier molecular flexibility index (Phi) is 6.18. The smallest absolute Gasteiger partial charge is 0.339 e. The van der Waals surface area contributed by atoms with E-state index in [1.54, 1.807) is 30.3 Å². The molecule has 0 aromatic heterocycles. The van der Waals surface area contributed by atoms with Gasteiger partial charge >= 0.3 is 10.1 Å². The Bertz CT molecular complexity index is 1070. The molecule has 0 aliphatic carbocycles. The molecule has 0 spiro atoms. The number of carbonyl (C=O) groups excluding carboxylic acids is 1. The van der Waals surface area contributed by atoms with Crippen LogP contribution in [0.25, 0.3) is 0 Å². The Labute approximate surface area is 163 Å². The number of hydrazone groups is 1. The first-order valence-corrected chi connectivity index (χ1v) is 9.89. The van der Waals surface area contributed by atoms with Crippen molar-refractivity contribution < 1.29 is 17.4 Å². The van der Waals surface area contributed by atoms with Crippen molar-refractivity contribution in [1.29, 1.82) is 0 Å². The molecule has 28 heavy (non-hydrogen) atoms. The van der Waals surface area contributed by atoms with Gasteiger partial charge in [-0.25, -0.2) is 5.43 Å². The number of benzene rings is 3. The van der Waals surface area contributed by atoms with Gasteiger partial charge in [-0.3, -0.25) is 4.79 Å². The minimum absolute atomic E-state index is 0.0715. The molecule has 3 aromatic rings. The van der Waals surface area contributed by atoms with E-state index in [-0.39, 0.29) is 23.0 Å². The van der Waals surface area contributed by atoms with E-state index >= 15 is 0 Å². The third-order valence-electron chi connectivity index (χ3n) is 3.71. The van der Waals surface area contributed by atoms with Crippen molar-refractivity contribution >= 4 is 22.2 Å². The number of hydrogen-bond acceptors (Lipinski definition) is 5. The Morgan fingerprint density at radius 3 is 2.32 bits per heavy atom. The first-order valence-electron chi connectivity index (χ1n) is 8.48. The molecule has 1 amide bonds. The van der Waals surface area contributed by atoms with Crippen LogP contribution in [-0.2, 0) is 21.3 Å². The van der Waals surface area contributed by atoms with E-state index in [9.17, 15) is 13.2 Å². The molecule has 0 aliphatic heterocycles. The number of carbonyl (C=O) groups is 1. The second-order valence-corrected chi connectivity index (χ2v) is 7.42. The first kappa shape index (κ1) is 19.3. The highest BCUT2D eigenvalue weighted by Gasteiger charge is 2.15. The summed E-state index contributed by atoms with van der Waals surface area (Å²) in [4.78, 5) is 12.0.